The number of halogens is 1. The normalized spacial score (nSPS) is 16.3. The number of hydrogen-bond acceptors (Lipinski definition) is 6. The van der Waals surface area contributed by atoms with Crippen LogP contribution in [-0.2, 0) is 36.9 Å². The van der Waals surface area contributed by atoms with Gasteiger partial charge in [0.1, 0.15) is 17.6 Å². The van der Waals surface area contributed by atoms with Crippen LogP contribution in [0.15, 0.2) is 67.0 Å². The van der Waals surface area contributed by atoms with Crippen molar-refractivity contribution < 1.29 is 28.7 Å². The van der Waals surface area contributed by atoms with Gasteiger partial charge in [0.15, 0.2) is 0 Å². The van der Waals surface area contributed by atoms with Crippen LogP contribution >= 0.6 is 11.6 Å². The number of aromatic nitrogens is 1. The maximum Gasteiger partial charge on any atom is 0.306 e. The number of esters is 1. The third kappa shape index (κ3) is 10.7. The Labute approximate surface area is 239 Å². The molecule has 2 aromatic rings. The number of ketones is 1. The average molecular weight is 570 g/mol. The number of Topliss-reactive ketones (excluding diaryl/α,β-unsaturated/α-hetero) is 1. The number of amides is 2. The molecule has 0 spiro atoms. The molecule has 0 radical (unpaired) electrons. The number of benzene rings is 1. The molecule has 40 heavy (non-hydrogen) atoms. The van der Waals surface area contributed by atoms with Crippen LogP contribution in [0.25, 0.3) is 0 Å². The molecule has 0 saturated heterocycles. The zero-order valence-electron chi connectivity index (χ0n) is 22.6. The molecule has 0 aliphatic carbocycles. The van der Waals surface area contributed by atoms with Gasteiger partial charge in [0.05, 0.1) is 25.6 Å². The van der Waals surface area contributed by atoms with E-state index in [1.807, 2.05) is 47.3 Å². The minimum absolute atomic E-state index is 0.0333. The van der Waals surface area contributed by atoms with Gasteiger partial charge in [-0.15, -0.1) is 0 Å². The van der Waals surface area contributed by atoms with Gasteiger partial charge in [-0.3, -0.25) is 19.2 Å². The standard InChI is InChI=1S/C30H36ClN3O6/c1-2-39-28(36)20-23(14-18-40-26-10-8-24(31)9-11-26)29(37)33-27-19-22-7-5-3-4-6-16-34(21-22)17-13-25(35)12-15-32-30(27)38/h3-11,16,21,23,27H,2,12-15,17-20H2,1H3,(H,32,38)(H,33,37)/t23-,27?/m1/s1. The van der Waals surface area contributed by atoms with E-state index in [0.717, 1.165) is 5.56 Å². The lowest BCUT2D eigenvalue weighted by Gasteiger charge is -2.23. The van der Waals surface area contributed by atoms with Crippen LogP contribution in [0, 0.1) is 5.92 Å². The van der Waals surface area contributed by atoms with E-state index in [2.05, 4.69) is 10.6 Å². The Morgan fingerprint density at radius 2 is 1.88 bits per heavy atom. The minimum atomic E-state index is -0.921. The predicted molar refractivity (Wildman–Crippen MR) is 151 cm³/mol. The van der Waals surface area contributed by atoms with E-state index in [1.54, 1.807) is 31.2 Å². The molecule has 2 atom stereocenters. The molecular formula is C30H36ClN3O6. The summed E-state index contributed by atoms with van der Waals surface area (Å²) < 4.78 is 12.7. The van der Waals surface area contributed by atoms with E-state index in [9.17, 15) is 19.2 Å². The van der Waals surface area contributed by atoms with Crippen molar-refractivity contribution in [2.75, 3.05) is 19.8 Å². The number of fused-ring (bicyclic) bond motifs is 2. The summed E-state index contributed by atoms with van der Waals surface area (Å²) in [6, 6.07) is 15.2. The van der Waals surface area contributed by atoms with Crippen LogP contribution in [-0.4, -0.2) is 53.9 Å². The van der Waals surface area contributed by atoms with Gasteiger partial charge in [-0.25, -0.2) is 0 Å². The first-order valence-corrected chi connectivity index (χ1v) is 13.8. The number of hydrogen-bond donors (Lipinski definition) is 2. The summed E-state index contributed by atoms with van der Waals surface area (Å²) in [5, 5.41) is 6.20. The largest absolute Gasteiger partial charge is 0.494 e. The first-order chi connectivity index (χ1) is 19.3. The molecule has 2 amide bonds. The number of nitrogens with zero attached hydrogens (tertiary/aromatic N) is 1. The fraction of sp³-hybridized carbons (Fsp3) is 0.400. The summed E-state index contributed by atoms with van der Waals surface area (Å²) in [5.74, 6) is -1.53. The van der Waals surface area contributed by atoms with E-state index in [-0.39, 0.29) is 51.2 Å². The molecule has 2 N–H and O–H groups in total. The Hall–Kier alpha value is -3.85. The number of ether oxygens (including phenoxy) is 2. The van der Waals surface area contributed by atoms with Crippen molar-refractivity contribution >= 4 is 35.2 Å². The van der Waals surface area contributed by atoms with Gasteiger partial charge in [0, 0.05) is 49.8 Å². The number of aryl methyl sites for hydroxylation is 1. The fourth-order valence-electron chi connectivity index (χ4n) is 4.19. The van der Waals surface area contributed by atoms with Crippen LogP contribution in [0.4, 0.5) is 0 Å². The Morgan fingerprint density at radius 1 is 1.10 bits per heavy atom. The molecule has 214 valence electrons. The van der Waals surface area contributed by atoms with Gasteiger partial charge >= 0.3 is 5.97 Å². The molecule has 2 bridgehead atoms. The molecule has 1 aromatic heterocycles. The lowest BCUT2D eigenvalue weighted by Crippen LogP contribution is -2.50. The van der Waals surface area contributed by atoms with Gasteiger partial charge < -0.3 is 24.7 Å². The molecule has 3 rings (SSSR count). The molecular weight excluding hydrogens is 534 g/mol. The smallest absolute Gasteiger partial charge is 0.306 e. The van der Waals surface area contributed by atoms with Crippen molar-refractivity contribution in [1.82, 2.24) is 15.2 Å². The second-order valence-electron chi connectivity index (χ2n) is 9.42. The first-order valence-electron chi connectivity index (χ1n) is 13.5. The van der Waals surface area contributed by atoms with Crippen molar-refractivity contribution in [1.29, 1.82) is 0 Å². The van der Waals surface area contributed by atoms with Crippen molar-refractivity contribution in [3.63, 3.8) is 0 Å². The summed E-state index contributed by atoms with van der Waals surface area (Å²) in [5.41, 5.74) is 0.790. The highest BCUT2D eigenvalue weighted by Gasteiger charge is 2.28. The number of carbonyl (C=O) groups excluding carboxylic acids is 4. The summed E-state index contributed by atoms with van der Waals surface area (Å²) in [7, 11) is 0. The highest BCUT2D eigenvalue weighted by atomic mass is 35.5. The van der Waals surface area contributed by atoms with Crippen LogP contribution in [0.2, 0.25) is 5.02 Å². The monoisotopic (exact) mass is 569 g/mol. The Balaban J connectivity index is 1.80. The zero-order chi connectivity index (χ0) is 28.7. The van der Waals surface area contributed by atoms with Gasteiger partial charge in [-0.2, -0.15) is 0 Å². The molecule has 0 fully saturated rings. The lowest BCUT2D eigenvalue weighted by molar-refractivity contribution is -0.146. The molecule has 1 unspecified atom stereocenters. The second kappa shape index (κ2) is 16.3. The summed E-state index contributed by atoms with van der Waals surface area (Å²) in [4.78, 5) is 51.3. The third-order valence-corrected chi connectivity index (χ3v) is 6.57. The SMILES string of the molecule is CCOC(=O)C[C@@H](CCOc1ccc(Cl)cc1)C(=O)NC1Cc2ccccccn(c2)CCC(=O)CCNC1=O. The number of rotatable bonds is 9. The van der Waals surface area contributed by atoms with Crippen LogP contribution in [0.5, 0.6) is 5.75 Å². The maximum absolute atomic E-state index is 13.5. The second-order valence-corrected chi connectivity index (χ2v) is 9.86. The van der Waals surface area contributed by atoms with Crippen molar-refractivity contribution in [2.45, 2.75) is 51.6 Å². The van der Waals surface area contributed by atoms with Gasteiger partial charge in [-0.05, 0) is 49.2 Å². The molecule has 1 aliphatic heterocycles. The third-order valence-electron chi connectivity index (χ3n) is 6.32. The summed E-state index contributed by atoms with van der Waals surface area (Å²) in [6.45, 7) is 2.73. The van der Waals surface area contributed by atoms with Gasteiger partial charge in [0.2, 0.25) is 11.8 Å². The highest BCUT2D eigenvalue weighted by molar-refractivity contribution is 6.30. The van der Waals surface area contributed by atoms with E-state index in [0.29, 0.717) is 23.7 Å². The van der Waals surface area contributed by atoms with Crippen LogP contribution < -0.4 is 15.4 Å². The molecule has 10 heteroatoms. The topological polar surface area (TPSA) is 116 Å². The van der Waals surface area contributed by atoms with Crippen molar-refractivity contribution in [2.24, 2.45) is 5.92 Å². The van der Waals surface area contributed by atoms with E-state index in [4.69, 9.17) is 21.1 Å². The average Bonchev–Trinajstić information content (AvgIpc) is 3.03. The molecule has 0 saturated carbocycles. The fourth-order valence-corrected chi connectivity index (χ4v) is 4.31. The summed E-state index contributed by atoms with van der Waals surface area (Å²) >= 11 is 5.93. The van der Waals surface area contributed by atoms with Crippen LogP contribution in [0.1, 0.15) is 38.2 Å². The van der Waals surface area contributed by atoms with Crippen molar-refractivity contribution in [3.8, 4) is 5.75 Å². The minimum Gasteiger partial charge on any atom is -0.494 e. The Bertz CT molecular complexity index is 1210. The van der Waals surface area contributed by atoms with E-state index in [1.165, 1.54) is 0 Å². The van der Waals surface area contributed by atoms with Crippen molar-refractivity contribution in [3.05, 3.63) is 77.6 Å². The van der Waals surface area contributed by atoms with E-state index < -0.39 is 29.7 Å². The Morgan fingerprint density at radius 3 is 2.65 bits per heavy atom. The lowest BCUT2D eigenvalue weighted by atomic mass is 9.99. The number of carbonyl (C=O) groups is 4. The zero-order valence-corrected chi connectivity index (χ0v) is 23.4. The molecule has 1 aliphatic rings. The highest BCUT2D eigenvalue weighted by Crippen LogP contribution is 2.18. The number of nitrogens with one attached hydrogen (secondary N) is 2. The maximum atomic E-state index is 13.5. The van der Waals surface area contributed by atoms with Crippen LogP contribution in [0.3, 0.4) is 0 Å². The molecule has 9 nitrogen and oxygen atoms in total. The molecule has 2 heterocycles. The first kappa shape index (κ1) is 30.7. The molecule has 1 aromatic carbocycles. The van der Waals surface area contributed by atoms with E-state index >= 15 is 0 Å². The Kier molecular flexibility index (Phi) is 12.5. The van der Waals surface area contributed by atoms with Gasteiger partial charge in [-0.1, -0.05) is 35.9 Å². The summed E-state index contributed by atoms with van der Waals surface area (Å²) in [6.07, 6.45) is 4.58. The quantitative estimate of drug-likeness (QED) is 0.444. The predicted octanol–water partition coefficient (Wildman–Crippen LogP) is 3.81. The van der Waals surface area contributed by atoms with Gasteiger partial charge in [0.25, 0.3) is 0 Å².